The molecule has 1 heterocycles. The first-order valence-electron chi connectivity index (χ1n) is 3.52. The van der Waals surface area contributed by atoms with Gasteiger partial charge < -0.3 is 5.73 Å². The van der Waals surface area contributed by atoms with Gasteiger partial charge in [0.15, 0.2) is 0 Å². The van der Waals surface area contributed by atoms with Gasteiger partial charge in [-0.25, -0.2) is 4.98 Å². The average molecular weight is 156 g/mol. The minimum atomic E-state index is 0.797. The molecule has 0 atom stereocenters. The summed E-state index contributed by atoms with van der Waals surface area (Å²) in [6.07, 6.45) is 5.22. The lowest BCUT2D eigenvalue weighted by Crippen LogP contribution is -1.98. The average Bonchev–Trinajstić information content (AvgIpc) is 2.41. The number of hydrogen-bond donors (Lipinski definition) is 1. The van der Waals surface area contributed by atoms with Crippen LogP contribution in [-0.2, 0) is 6.42 Å². The van der Waals surface area contributed by atoms with Crippen molar-refractivity contribution in [3.8, 4) is 0 Å². The molecule has 0 aromatic carbocycles. The highest BCUT2D eigenvalue weighted by molar-refractivity contribution is 7.09. The van der Waals surface area contributed by atoms with Crippen molar-refractivity contribution < 1.29 is 0 Å². The summed E-state index contributed by atoms with van der Waals surface area (Å²) in [5, 5.41) is 3.24. The van der Waals surface area contributed by atoms with E-state index in [1.165, 1.54) is 11.4 Å². The van der Waals surface area contributed by atoms with Crippen molar-refractivity contribution in [1.82, 2.24) is 4.98 Å². The summed E-state index contributed by atoms with van der Waals surface area (Å²) in [7, 11) is 0. The molecule has 0 amide bonds. The second-order valence-electron chi connectivity index (χ2n) is 2.17. The van der Waals surface area contributed by atoms with Crippen molar-refractivity contribution in [2.24, 2.45) is 5.73 Å². The predicted molar refractivity (Wildman–Crippen MR) is 44.1 cm³/mol. The van der Waals surface area contributed by atoms with Crippen molar-refractivity contribution in [1.29, 1.82) is 0 Å². The number of rotatable bonds is 4. The van der Waals surface area contributed by atoms with Crippen molar-refractivity contribution in [2.75, 3.05) is 6.54 Å². The van der Waals surface area contributed by atoms with E-state index in [1.54, 1.807) is 11.3 Å². The zero-order valence-electron chi connectivity index (χ0n) is 5.92. The van der Waals surface area contributed by atoms with E-state index in [0.717, 1.165) is 19.4 Å². The fraction of sp³-hybridized carbons (Fsp3) is 0.571. The van der Waals surface area contributed by atoms with E-state index < -0.39 is 0 Å². The zero-order valence-corrected chi connectivity index (χ0v) is 6.73. The van der Waals surface area contributed by atoms with E-state index in [-0.39, 0.29) is 0 Å². The molecule has 56 valence electrons. The molecule has 0 radical (unpaired) electrons. The van der Waals surface area contributed by atoms with Gasteiger partial charge in [-0.1, -0.05) is 0 Å². The smallest absolute Gasteiger partial charge is 0.0924 e. The Balaban J connectivity index is 2.15. The van der Waals surface area contributed by atoms with E-state index in [1.807, 2.05) is 11.6 Å². The quantitative estimate of drug-likeness (QED) is 0.670. The summed E-state index contributed by atoms with van der Waals surface area (Å²) < 4.78 is 0. The van der Waals surface area contributed by atoms with Gasteiger partial charge in [0.2, 0.25) is 0 Å². The standard InChI is InChI=1S/C7H12N2S/c8-4-2-1-3-7-9-5-6-10-7/h5-6H,1-4,8H2. The van der Waals surface area contributed by atoms with Crippen molar-refractivity contribution in [3.63, 3.8) is 0 Å². The van der Waals surface area contributed by atoms with E-state index in [2.05, 4.69) is 4.98 Å². The number of nitrogens with two attached hydrogens (primary N) is 1. The van der Waals surface area contributed by atoms with Crippen LogP contribution in [0.3, 0.4) is 0 Å². The Bertz CT molecular complexity index is 160. The number of aromatic nitrogens is 1. The van der Waals surface area contributed by atoms with Crippen molar-refractivity contribution >= 4 is 11.3 Å². The molecule has 0 aliphatic carbocycles. The highest BCUT2D eigenvalue weighted by Crippen LogP contribution is 2.07. The van der Waals surface area contributed by atoms with Gasteiger partial charge in [0.1, 0.15) is 0 Å². The molecule has 1 rings (SSSR count). The summed E-state index contributed by atoms with van der Waals surface area (Å²) in [5.74, 6) is 0. The number of aryl methyl sites for hydroxylation is 1. The second kappa shape index (κ2) is 4.41. The van der Waals surface area contributed by atoms with Crippen molar-refractivity contribution in [2.45, 2.75) is 19.3 Å². The molecule has 1 aromatic rings. The van der Waals surface area contributed by atoms with Gasteiger partial charge in [0, 0.05) is 11.6 Å². The lowest BCUT2D eigenvalue weighted by atomic mass is 10.2. The van der Waals surface area contributed by atoms with Gasteiger partial charge in [0.25, 0.3) is 0 Å². The summed E-state index contributed by atoms with van der Waals surface area (Å²) in [6, 6.07) is 0. The molecule has 0 bridgehead atoms. The zero-order chi connectivity index (χ0) is 7.23. The summed E-state index contributed by atoms with van der Waals surface area (Å²) in [4.78, 5) is 4.17. The maximum atomic E-state index is 5.35. The van der Waals surface area contributed by atoms with Crippen LogP contribution in [0.2, 0.25) is 0 Å². The van der Waals surface area contributed by atoms with Gasteiger partial charge in [-0.05, 0) is 25.8 Å². The molecule has 0 saturated carbocycles. The first-order chi connectivity index (χ1) is 4.93. The Morgan fingerprint density at radius 2 is 2.40 bits per heavy atom. The number of thiazole rings is 1. The second-order valence-corrected chi connectivity index (χ2v) is 3.15. The lowest BCUT2D eigenvalue weighted by molar-refractivity contribution is 0.741. The van der Waals surface area contributed by atoms with E-state index in [0.29, 0.717) is 0 Å². The maximum Gasteiger partial charge on any atom is 0.0924 e. The van der Waals surface area contributed by atoms with Gasteiger partial charge in [-0.15, -0.1) is 11.3 Å². The van der Waals surface area contributed by atoms with Gasteiger partial charge in [-0.2, -0.15) is 0 Å². The van der Waals surface area contributed by atoms with Crippen LogP contribution in [0.15, 0.2) is 11.6 Å². The molecule has 10 heavy (non-hydrogen) atoms. The molecule has 0 fully saturated rings. The highest BCUT2D eigenvalue weighted by Gasteiger charge is 1.92. The Hall–Kier alpha value is -0.410. The van der Waals surface area contributed by atoms with Crippen LogP contribution < -0.4 is 5.73 Å². The highest BCUT2D eigenvalue weighted by atomic mass is 32.1. The van der Waals surface area contributed by atoms with E-state index in [9.17, 15) is 0 Å². The Labute approximate surface area is 65.1 Å². The van der Waals surface area contributed by atoms with Crippen LogP contribution in [0.1, 0.15) is 17.8 Å². The molecule has 3 heteroatoms. The van der Waals surface area contributed by atoms with Crippen LogP contribution >= 0.6 is 11.3 Å². The van der Waals surface area contributed by atoms with Gasteiger partial charge in [0.05, 0.1) is 5.01 Å². The Kier molecular flexibility index (Phi) is 3.40. The molecule has 0 unspecified atom stereocenters. The third kappa shape index (κ3) is 2.45. The molecule has 2 nitrogen and oxygen atoms in total. The number of hydrogen-bond acceptors (Lipinski definition) is 3. The number of unbranched alkanes of at least 4 members (excludes halogenated alkanes) is 1. The molecule has 1 aromatic heterocycles. The molecule has 0 aliphatic rings. The van der Waals surface area contributed by atoms with Crippen LogP contribution in [-0.4, -0.2) is 11.5 Å². The lowest BCUT2D eigenvalue weighted by Gasteiger charge is -1.92. The molecule has 2 N–H and O–H groups in total. The van der Waals surface area contributed by atoms with E-state index >= 15 is 0 Å². The van der Waals surface area contributed by atoms with Gasteiger partial charge >= 0.3 is 0 Å². The third-order valence-corrected chi connectivity index (χ3v) is 2.17. The summed E-state index contributed by atoms with van der Waals surface area (Å²) >= 11 is 1.72. The fourth-order valence-electron chi connectivity index (χ4n) is 0.797. The molecular weight excluding hydrogens is 144 g/mol. The summed E-state index contributed by atoms with van der Waals surface area (Å²) in [6.45, 7) is 0.797. The topological polar surface area (TPSA) is 38.9 Å². The van der Waals surface area contributed by atoms with Crippen LogP contribution in [0.5, 0.6) is 0 Å². The minimum Gasteiger partial charge on any atom is -0.330 e. The largest absolute Gasteiger partial charge is 0.330 e. The summed E-state index contributed by atoms with van der Waals surface area (Å²) in [5.41, 5.74) is 5.35. The normalized spacial score (nSPS) is 10.1. The SMILES string of the molecule is NCCCCc1nccs1. The van der Waals surface area contributed by atoms with Crippen molar-refractivity contribution in [3.05, 3.63) is 16.6 Å². The fourth-order valence-corrected chi connectivity index (χ4v) is 1.46. The minimum absolute atomic E-state index is 0.797. The first kappa shape index (κ1) is 7.69. The van der Waals surface area contributed by atoms with Crippen LogP contribution in [0, 0.1) is 0 Å². The number of nitrogens with zero attached hydrogens (tertiary/aromatic N) is 1. The molecular formula is C7H12N2S. The molecule has 0 saturated heterocycles. The molecule has 0 spiro atoms. The Morgan fingerprint density at radius 1 is 1.50 bits per heavy atom. The monoisotopic (exact) mass is 156 g/mol. The van der Waals surface area contributed by atoms with Crippen LogP contribution in [0.25, 0.3) is 0 Å². The Morgan fingerprint density at radius 3 is 3.00 bits per heavy atom. The molecule has 0 aliphatic heterocycles. The van der Waals surface area contributed by atoms with Gasteiger partial charge in [-0.3, -0.25) is 0 Å². The third-order valence-electron chi connectivity index (χ3n) is 1.33. The van der Waals surface area contributed by atoms with E-state index in [4.69, 9.17) is 5.73 Å². The predicted octanol–water partition coefficient (Wildman–Crippen LogP) is 1.42. The maximum absolute atomic E-state index is 5.35. The van der Waals surface area contributed by atoms with Crippen LogP contribution in [0.4, 0.5) is 0 Å². The first-order valence-corrected chi connectivity index (χ1v) is 4.40.